The number of rotatable bonds is 8. The molecule has 1 aromatic rings. The Morgan fingerprint density at radius 1 is 1.31 bits per heavy atom. The van der Waals surface area contributed by atoms with Crippen LogP contribution in [-0.2, 0) is 9.59 Å². The molecule has 0 spiro atoms. The Hall–Kier alpha value is -2.71. The first-order valence-electron chi connectivity index (χ1n) is 8.24. The first-order chi connectivity index (χ1) is 12.4. The molecule has 0 aliphatic carbocycles. The van der Waals surface area contributed by atoms with Crippen LogP contribution < -0.4 is 10.1 Å². The first kappa shape index (κ1) is 19.6. The molecule has 0 saturated carbocycles. The molecule has 142 valence electrons. The standard InChI is InChI=1S/C17H20F2N2O5/c18-17(19)26-13-7-2-1-5-11(13)16(25)21-10-4-6-12(21)15(24)20-9-3-8-14(22)23/h1-2,5,7,12,17H,3-4,6,8-10H2,(H,20,24)(H,22,23). The van der Waals surface area contributed by atoms with E-state index in [4.69, 9.17) is 5.11 Å². The maximum atomic E-state index is 12.7. The highest BCUT2D eigenvalue weighted by molar-refractivity contribution is 6.00. The van der Waals surface area contributed by atoms with E-state index in [0.29, 0.717) is 19.4 Å². The van der Waals surface area contributed by atoms with E-state index in [2.05, 4.69) is 10.1 Å². The van der Waals surface area contributed by atoms with Crippen molar-refractivity contribution in [3.63, 3.8) is 0 Å². The number of carbonyl (C=O) groups excluding carboxylic acids is 2. The number of carboxylic acid groups (broad SMARTS) is 1. The minimum atomic E-state index is -3.06. The van der Waals surface area contributed by atoms with Crippen molar-refractivity contribution in [3.05, 3.63) is 29.8 Å². The summed E-state index contributed by atoms with van der Waals surface area (Å²) in [5.41, 5.74) is -0.0293. The second-order valence-electron chi connectivity index (χ2n) is 5.82. The topological polar surface area (TPSA) is 95.9 Å². The second kappa shape index (κ2) is 9.12. The van der Waals surface area contributed by atoms with Crippen LogP contribution in [0.15, 0.2) is 24.3 Å². The largest absolute Gasteiger partial charge is 0.481 e. The molecule has 9 heteroatoms. The highest BCUT2D eigenvalue weighted by Crippen LogP contribution is 2.26. The van der Waals surface area contributed by atoms with Crippen LogP contribution in [0.25, 0.3) is 0 Å². The van der Waals surface area contributed by atoms with Gasteiger partial charge in [-0.05, 0) is 31.4 Å². The maximum Gasteiger partial charge on any atom is 0.387 e. The Bertz CT molecular complexity index is 668. The number of ether oxygens (including phenoxy) is 1. The van der Waals surface area contributed by atoms with Gasteiger partial charge in [-0.15, -0.1) is 0 Å². The lowest BCUT2D eigenvalue weighted by atomic mass is 10.1. The van der Waals surface area contributed by atoms with Crippen molar-refractivity contribution in [1.82, 2.24) is 10.2 Å². The van der Waals surface area contributed by atoms with Gasteiger partial charge in [0.2, 0.25) is 5.91 Å². The molecule has 1 atom stereocenters. The summed E-state index contributed by atoms with van der Waals surface area (Å²) in [6, 6.07) is 4.94. The van der Waals surface area contributed by atoms with Gasteiger partial charge in [0.05, 0.1) is 5.56 Å². The molecule has 0 bridgehead atoms. The summed E-state index contributed by atoms with van der Waals surface area (Å²) in [6.07, 6.45) is 1.28. The fraction of sp³-hybridized carbons (Fsp3) is 0.471. The third-order valence-corrected chi connectivity index (χ3v) is 4.02. The van der Waals surface area contributed by atoms with Crippen molar-refractivity contribution in [3.8, 4) is 5.75 Å². The van der Waals surface area contributed by atoms with Crippen LogP contribution in [0.5, 0.6) is 5.75 Å². The third kappa shape index (κ3) is 5.14. The number of aliphatic carboxylic acids is 1. The number of nitrogens with one attached hydrogen (secondary N) is 1. The SMILES string of the molecule is O=C(O)CCCNC(=O)C1CCCN1C(=O)c1ccccc1OC(F)F. The summed E-state index contributed by atoms with van der Waals surface area (Å²) in [5, 5.41) is 11.2. The summed E-state index contributed by atoms with van der Waals surface area (Å²) < 4.78 is 29.4. The molecule has 1 aliphatic rings. The van der Waals surface area contributed by atoms with Crippen molar-refractivity contribution in [1.29, 1.82) is 0 Å². The Morgan fingerprint density at radius 2 is 2.04 bits per heavy atom. The fourth-order valence-corrected chi connectivity index (χ4v) is 2.85. The number of nitrogens with zero attached hydrogens (tertiary/aromatic N) is 1. The number of amides is 2. The molecular weight excluding hydrogens is 350 g/mol. The molecule has 2 rings (SSSR count). The monoisotopic (exact) mass is 370 g/mol. The van der Waals surface area contributed by atoms with Gasteiger partial charge < -0.3 is 20.1 Å². The highest BCUT2D eigenvalue weighted by Gasteiger charge is 2.35. The summed E-state index contributed by atoms with van der Waals surface area (Å²) in [5.74, 6) is -2.12. The third-order valence-electron chi connectivity index (χ3n) is 4.02. The quantitative estimate of drug-likeness (QED) is 0.681. The first-order valence-corrected chi connectivity index (χ1v) is 8.24. The number of benzene rings is 1. The lowest BCUT2D eigenvalue weighted by Crippen LogP contribution is -2.46. The van der Waals surface area contributed by atoms with Crippen LogP contribution in [0, 0.1) is 0 Å². The zero-order valence-corrected chi connectivity index (χ0v) is 14.0. The van der Waals surface area contributed by atoms with E-state index in [1.54, 1.807) is 0 Å². The van der Waals surface area contributed by atoms with Crippen molar-refractivity contribution < 1.29 is 33.0 Å². The maximum absolute atomic E-state index is 12.7. The van der Waals surface area contributed by atoms with Crippen molar-refractivity contribution in [2.24, 2.45) is 0 Å². The molecule has 1 saturated heterocycles. The van der Waals surface area contributed by atoms with E-state index in [-0.39, 0.29) is 36.6 Å². The minimum Gasteiger partial charge on any atom is -0.481 e. The highest BCUT2D eigenvalue weighted by atomic mass is 19.3. The Kier molecular flexibility index (Phi) is 6.88. The molecule has 26 heavy (non-hydrogen) atoms. The summed E-state index contributed by atoms with van der Waals surface area (Å²) >= 11 is 0. The van der Waals surface area contributed by atoms with Gasteiger partial charge in [-0.1, -0.05) is 12.1 Å². The number of para-hydroxylation sites is 1. The van der Waals surface area contributed by atoms with Gasteiger partial charge in [0.15, 0.2) is 0 Å². The lowest BCUT2D eigenvalue weighted by Gasteiger charge is -2.25. The Morgan fingerprint density at radius 3 is 2.73 bits per heavy atom. The molecule has 1 fully saturated rings. The van der Waals surface area contributed by atoms with Gasteiger partial charge in [0, 0.05) is 19.5 Å². The molecule has 1 heterocycles. The van der Waals surface area contributed by atoms with Crippen LogP contribution >= 0.6 is 0 Å². The molecule has 0 radical (unpaired) electrons. The average Bonchev–Trinajstić information content (AvgIpc) is 3.07. The van der Waals surface area contributed by atoms with Gasteiger partial charge in [-0.25, -0.2) is 0 Å². The van der Waals surface area contributed by atoms with Crippen molar-refractivity contribution >= 4 is 17.8 Å². The number of hydrogen-bond acceptors (Lipinski definition) is 4. The number of halogens is 2. The second-order valence-corrected chi connectivity index (χ2v) is 5.82. The van der Waals surface area contributed by atoms with Crippen LogP contribution in [0.2, 0.25) is 0 Å². The number of alkyl halides is 2. The lowest BCUT2D eigenvalue weighted by molar-refractivity contribution is -0.137. The smallest absolute Gasteiger partial charge is 0.387 e. The van der Waals surface area contributed by atoms with Crippen LogP contribution in [0.3, 0.4) is 0 Å². The van der Waals surface area contributed by atoms with Gasteiger partial charge >= 0.3 is 12.6 Å². The van der Waals surface area contributed by atoms with Gasteiger partial charge in [-0.3, -0.25) is 14.4 Å². The minimum absolute atomic E-state index is 0.0293. The molecule has 2 N–H and O–H groups in total. The number of carbonyl (C=O) groups is 3. The van der Waals surface area contributed by atoms with E-state index >= 15 is 0 Å². The van der Waals surface area contributed by atoms with Crippen molar-refractivity contribution in [2.45, 2.75) is 38.3 Å². The van der Waals surface area contributed by atoms with E-state index in [9.17, 15) is 23.2 Å². The molecular formula is C17H20F2N2O5. The molecule has 1 unspecified atom stereocenters. The summed E-state index contributed by atoms with van der Waals surface area (Å²) in [7, 11) is 0. The van der Waals surface area contributed by atoms with Gasteiger partial charge in [-0.2, -0.15) is 8.78 Å². The number of likely N-dealkylation sites (tertiary alicyclic amines) is 1. The normalized spacial score (nSPS) is 16.6. The van der Waals surface area contributed by atoms with Crippen molar-refractivity contribution in [2.75, 3.05) is 13.1 Å². The summed E-state index contributed by atoms with van der Waals surface area (Å²) in [6.45, 7) is -2.54. The molecule has 0 aromatic heterocycles. The molecule has 1 aliphatic heterocycles. The van der Waals surface area contributed by atoms with Crippen LogP contribution in [-0.4, -0.2) is 53.5 Å². The molecule has 7 nitrogen and oxygen atoms in total. The van der Waals surface area contributed by atoms with Gasteiger partial charge in [0.1, 0.15) is 11.8 Å². The average molecular weight is 370 g/mol. The molecule has 1 aromatic carbocycles. The van der Waals surface area contributed by atoms with E-state index in [0.717, 1.165) is 0 Å². The van der Waals surface area contributed by atoms with E-state index in [1.165, 1.54) is 29.2 Å². The fourth-order valence-electron chi connectivity index (χ4n) is 2.85. The van der Waals surface area contributed by atoms with E-state index in [1.807, 2.05) is 0 Å². The van der Waals surface area contributed by atoms with E-state index < -0.39 is 24.5 Å². The zero-order valence-electron chi connectivity index (χ0n) is 14.0. The summed E-state index contributed by atoms with van der Waals surface area (Å²) in [4.78, 5) is 36.8. The van der Waals surface area contributed by atoms with Gasteiger partial charge in [0.25, 0.3) is 5.91 Å². The predicted octanol–water partition coefficient (Wildman–Crippen LogP) is 1.87. The van der Waals surface area contributed by atoms with Crippen LogP contribution in [0.1, 0.15) is 36.0 Å². The van der Waals surface area contributed by atoms with Crippen LogP contribution in [0.4, 0.5) is 8.78 Å². The zero-order chi connectivity index (χ0) is 19.1. The number of carboxylic acids is 1. The molecule has 2 amide bonds. The number of hydrogen-bond donors (Lipinski definition) is 2. The Balaban J connectivity index is 2.04. The Labute approximate surface area is 148 Å². The predicted molar refractivity (Wildman–Crippen MR) is 87.0 cm³/mol.